The van der Waals surface area contributed by atoms with Crippen LogP contribution < -0.4 is 10.6 Å². The molecule has 0 radical (unpaired) electrons. The van der Waals surface area contributed by atoms with Crippen LogP contribution in [-0.4, -0.2) is 28.3 Å². The van der Waals surface area contributed by atoms with Crippen molar-refractivity contribution in [2.45, 2.75) is 52.5 Å². The van der Waals surface area contributed by atoms with Gasteiger partial charge in [0.25, 0.3) is 0 Å². The van der Waals surface area contributed by atoms with Crippen molar-refractivity contribution >= 4 is 23.0 Å². The van der Waals surface area contributed by atoms with Crippen LogP contribution in [0.15, 0.2) is 0 Å². The lowest BCUT2D eigenvalue weighted by Gasteiger charge is -2.37. The molecule has 1 aliphatic carbocycles. The van der Waals surface area contributed by atoms with Crippen LogP contribution in [0.5, 0.6) is 0 Å². The Kier molecular flexibility index (Phi) is 4.58. The highest BCUT2D eigenvalue weighted by Gasteiger charge is 2.28. The molecule has 1 aromatic heterocycles. The summed E-state index contributed by atoms with van der Waals surface area (Å²) in [5, 5.41) is 8.63. The lowest BCUT2D eigenvalue weighted by Crippen LogP contribution is -2.40. The summed E-state index contributed by atoms with van der Waals surface area (Å²) in [6.45, 7) is 6.27. The van der Waals surface area contributed by atoms with Crippen LogP contribution in [0.1, 0.15) is 49.4 Å². The normalized spacial score (nSPS) is 22.6. The van der Waals surface area contributed by atoms with Gasteiger partial charge in [-0.15, -0.1) is 5.10 Å². The van der Waals surface area contributed by atoms with Gasteiger partial charge in [-0.2, -0.15) is 5.10 Å². The topological polar surface area (TPSA) is 55.0 Å². The Labute approximate surface area is 126 Å². The average Bonchev–Trinajstić information content (AvgIpc) is 2.41. The van der Waals surface area contributed by atoms with Gasteiger partial charge in [0.2, 0.25) is 0 Å². The maximum Gasteiger partial charge on any atom is 0.161 e. The second kappa shape index (κ2) is 6.04. The van der Waals surface area contributed by atoms with Crippen LogP contribution in [0.3, 0.4) is 0 Å². The lowest BCUT2D eigenvalue weighted by atomic mass is 9.85. The first-order valence-corrected chi connectivity index (χ1v) is 7.70. The molecule has 1 aromatic rings. The Morgan fingerprint density at radius 1 is 1.25 bits per heavy atom. The number of nitrogens with zero attached hydrogens (tertiary/aromatic N) is 3. The van der Waals surface area contributed by atoms with Crippen LogP contribution in [0.2, 0.25) is 0 Å². The molecule has 2 atom stereocenters. The van der Waals surface area contributed by atoms with E-state index < -0.39 is 0 Å². The highest BCUT2D eigenvalue weighted by atomic mass is 32.1. The molecule has 0 spiro atoms. The van der Waals surface area contributed by atoms with E-state index in [9.17, 15) is 0 Å². The summed E-state index contributed by atoms with van der Waals surface area (Å²) in [7, 11) is 2.09. The smallest absolute Gasteiger partial charge is 0.161 e. The molecular weight excluding hydrogens is 268 g/mol. The van der Waals surface area contributed by atoms with Crippen molar-refractivity contribution in [3.8, 4) is 0 Å². The van der Waals surface area contributed by atoms with Gasteiger partial charge in [0, 0.05) is 13.1 Å². The summed E-state index contributed by atoms with van der Waals surface area (Å²) in [4.78, 5) is 2.64. The van der Waals surface area contributed by atoms with E-state index in [1.54, 1.807) is 0 Å². The molecule has 0 aliphatic heterocycles. The van der Waals surface area contributed by atoms with E-state index in [0.29, 0.717) is 16.9 Å². The second-order valence-corrected chi connectivity index (χ2v) is 6.35. The molecule has 1 aliphatic rings. The molecule has 20 heavy (non-hydrogen) atoms. The Morgan fingerprint density at radius 3 is 2.50 bits per heavy atom. The monoisotopic (exact) mass is 292 g/mol. The molecule has 4 nitrogen and oxygen atoms in total. The summed E-state index contributed by atoms with van der Waals surface area (Å²) < 4.78 is 0. The second-order valence-electron chi connectivity index (χ2n) is 5.91. The predicted molar refractivity (Wildman–Crippen MR) is 87.2 cm³/mol. The van der Waals surface area contributed by atoms with Crippen molar-refractivity contribution in [2.24, 2.45) is 11.7 Å². The first-order valence-electron chi connectivity index (χ1n) is 7.30. The van der Waals surface area contributed by atoms with Gasteiger partial charge in [0.1, 0.15) is 4.99 Å². The lowest BCUT2D eigenvalue weighted by molar-refractivity contribution is 0.320. The minimum Gasteiger partial charge on any atom is -0.389 e. The maximum atomic E-state index is 5.92. The number of aryl methyl sites for hydroxylation is 1. The molecule has 0 aromatic carbocycles. The fourth-order valence-electron chi connectivity index (χ4n) is 3.17. The van der Waals surface area contributed by atoms with Crippen molar-refractivity contribution in [2.75, 3.05) is 11.9 Å². The first kappa shape index (κ1) is 15.2. The van der Waals surface area contributed by atoms with Gasteiger partial charge in [-0.25, -0.2) is 0 Å². The molecule has 0 amide bonds. The quantitative estimate of drug-likeness (QED) is 0.868. The maximum absolute atomic E-state index is 5.92. The number of nitrogens with two attached hydrogens (primary N) is 1. The van der Waals surface area contributed by atoms with Gasteiger partial charge >= 0.3 is 0 Å². The molecule has 1 saturated carbocycles. The van der Waals surface area contributed by atoms with Crippen molar-refractivity contribution < 1.29 is 0 Å². The third-order valence-corrected chi connectivity index (χ3v) is 4.78. The number of hydrogen-bond donors (Lipinski definition) is 1. The van der Waals surface area contributed by atoms with E-state index in [4.69, 9.17) is 18.0 Å². The van der Waals surface area contributed by atoms with Crippen molar-refractivity contribution in [3.63, 3.8) is 0 Å². The molecule has 1 heterocycles. The van der Waals surface area contributed by atoms with Crippen molar-refractivity contribution in [1.82, 2.24) is 10.2 Å². The highest BCUT2D eigenvalue weighted by Crippen LogP contribution is 2.31. The standard InChI is InChI=1S/C15H24N4S/c1-9-7-5-6-8-12(9)19(4)15-13(14(16)20)10(2)11(3)17-18-15/h9,12H,5-8H2,1-4H3,(H2,16,20). The summed E-state index contributed by atoms with van der Waals surface area (Å²) in [5.41, 5.74) is 8.74. The summed E-state index contributed by atoms with van der Waals surface area (Å²) in [6.07, 6.45) is 5.07. The SMILES string of the molecule is Cc1nnc(N(C)C2CCCCC2C)c(C(N)=S)c1C. The highest BCUT2D eigenvalue weighted by molar-refractivity contribution is 7.80. The van der Waals surface area contributed by atoms with Gasteiger partial charge in [0.05, 0.1) is 11.3 Å². The fourth-order valence-corrected chi connectivity index (χ4v) is 3.41. The van der Waals surface area contributed by atoms with Crippen LogP contribution in [-0.2, 0) is 0 Å². The number of thiocarbonyl (C=S) groups is 1. The Morgan fingerprint density at radius 2 is 1.90 bits per heavy atom. The van der Waals surface area contributed by atoms with Crippen LogP contribution in [0.4, 0.5) is 5.82 Å². The van der Waals surface area contributed by atoms with Crippen LogP contribution in [0, 0.1) is 19.8 Å². The van der Waals surface area contributed by atoms with Gasteiger partial charge in [0.15, 0.2) is 5.82 Å². The van der Waals surface area contributed by atoms with Gasteiger partial charge in [-0.3, -0.25) is 0 Å². The van der Waals surface area contributed by atoms with E-state index in [2.05, 4.69) is 29.1 Å². The Hall–Kier alpha value is -1.23. The molecule has 2 rings (SSSR count). The minimum absolute atomic E-state index is 0.408. The van der Waals surface area contributed by atoms with Crippen LogP contribution in [0.25, 0.3) is 0 Å². The number of hydrogen-bond acceptors (Lipinski definition) is 4. The zero-order valence-corrected chi connectivity index (χ0v) is 13.6. The fraction of sp³-hybridized carbons (Fsp3) is 0.667. The molecule has 110 valence electrons. The zero-order chi connectivity index (χ0) is 14.9. The number of aromatic nitrogens is 2. The first-order chi connectivity index (χ1) is 9.43. The van der Waals surface area contributed by atoms with Gasteiger partial charge in [-0.1, -0.05) is 32.0 Å². The molecule has 0 bridgehead atoms. The van der Waals surface area contributed by atoms with Gasteiger partial charge in [-0.05, 0) is 38.2 Å². The predicted octanol–water partition coefficient (Wildman–Crippen LogP) is 2.74. The zero-order valence-electron chi connectivity index (χ0n) is 12.8. The minimum atomic E-state index is 0.408. The van der Waals surface area contributed by atoms with E-state index in [1.165, 1.54) is 25.7 Å². The number of anilines is 1. The summed E-state index contributed by atoms with van der Waals surface area (Å²) >= 11 is 5.23. The molecular formula is C15H24N4S. The van der Waals surface area contributed by atoms with Gasteiger partial charge < -0.3 is 10.6 Å². The Balaban J connectivity index is 2.41. The average molecular weight is 292 g/mol. The largest absolute Gasteiger partial charge is 0.389 e. The number of rotatable bonds is 3. The van der Waals surface area contributed by atoms with E-state index in [1.807, 2.05) is 13.8 Å². The van der Waals surface area contributed by atoms with E-state index in [-0.39, 0.29) is 0 Å². The molecule has 2 unspecified atom stereocenters. The molecule has 5 heteroatoms. The third-order valence-electron chi connectivity index (χ3n) is 4.58. The van der Waals surface area contributed by atoms with Crippen molar-refractivity contribution in [1.29, 1.82) is 0 Å². The van der Waals surface area contributed by atoms with Crippen molar-refractivity contribution in [3.05, 3.63) is 16.8 Å². The Bertz CT molecular complexity index is 515. The van der Waals surface area contributed by atoms with Crippen LogP contribution >= 0.6 is 12.2 Å². The van der Waals surface area contributed by atoms with E-state index in [0.717, 1.165) is 22.6 Å². The molecule has 2 N–H and O–H groups in total. The summed E-state index contributed by atoms with van der Waals surface area (Å²) in [6, 6.07) is 0.494. The van der Waals surface area contributed by atoms with E-state index >= 15 is 0 Å². The molecule has 0 saturated heterocycles. The summed E-state index contributed by atoms with van der Waals surface area (Å²) in [5.74, 6) is 1.50. The molecule has 1 fully saturated rings. The third kappa shape index (κ3) is 2.77.